The molecule has 0 amide bonds. The molecule has 43 heavy (non-hydrogen) atoms. The van der Waals surface area contributed by atoms with Crippen molar-refractivity contribution in [2.75, 3.05) is 6.61 Å². The number of allylic oxidation sites excluding steroid dienone is 4. The number of hydrogen-bond acceptors (Lipinski definition) is 8. The Morgan fingerprint density at radius 2 is 1.98 bits per heavy atom. The molecule has 9 nitrogen and oxygen atoms in total. The van der Waals surface area contributed by atoms with Gasteiger partial charge in [-0.2, -0.15) is 0 Å². The minimum absolute atomic E-state index is 0.00253. The fraction of sp³-hybridized carbons (Fsp3) is 0.647. The summed E-state index contributed by atoms with van der Waals surface area (Å²) < 4.78 is 13.6. The van der Waals surface area contributed by atoms with Crippen molar-refractivity contribution < 1.29 is 34.2 Å². The van der Waals surface area contributed by atoms with Crippen LogP contribution in [-0.2, 0) is 25.5 Å². The van der Waals surface area contributed by atoms with Gasteiger partial charge in [-0.05, 0) is 86.3 Å². The van der Waals surface area contributed by atoms with E-state index in [-0.39, 0.29) is 50.8 Å². The number of Topliss-reactive ketones (excluding diaryl/α,β-unsaturated/α-hetero) is 1. The number of carbonyl (C=O) groups excluding carboxylic acids is 2. The second-order valence-corrected chi connectivity index (χ2v) is 15.3. The Morgan fingerprint density at radius 1 is 1.21 bits per heavy atom. The van der Waals surface area contributed by atoms with Crippen LogP contribution in [0.2, 0.25) is 0 Å². The smallest absolute Gasteiger partial charge is 0.269 e. The first-order chi connectivity index (χ1) is 20.4. The molecule has 228 valence electrons. The molecule has 0 radical (unpaired) electrons. The quantitative estimate of drug-likeness (QED) is 0.372. The van der Waals surface area contributed by atoms with Gasteiger partial charge in [0.15, 0.2) is 23.5 Å². The molecule has 1 aromatic carbocycles. The summed E-state index contributed by atoms with van der Waals surface area (Å²) >= 11 is 0. The van der Waals surface area contributed by atoms with Crippen molar-refractivity contribution in [2.45, 2.75) is 89.3 Å². The van der Waals surface area contributed by atoms with Crippen LogP contribution in [0.4, 0.5) is 5.69 Å². The molecule has 7 fully saturated rings. The molecule has 8 aliphatic rings. The lowest BCUT2D eigenvalue weighted by molar-refractivity contribution is -0.385. The maximum Gasteiger partial charge on any atom is 0.269 e. The van der Waals surface area contributed by atoms with Crippen molar-refractivity contribution in [3.8, 4) is 0 Å². The third kappa shape index (κ3) is 3.42. The van der Waals surface area contributed by atoms with Gasteiger partial charge in [-0.25, -0.2) is 0 Å². The standard InChI is InChI=1S/C34H39NO8/c1-30-9-8-22(37)11-20(30)6-7-23-24-12-27-34(26(39)15-36,31(24,2)14-25(38)28(23)30)43-29(42-27)33-16-32(17-33,18-33)13-19-4-3-5-21(10-19)35(40)41/h3-5,8-11,23-25,27-29,36,38H,6-7,12-18H2,1-2H3/t23-,24-,25-,27+,28+,29?,30-,31-,32?,33?,34+/m0/s1. The second-order valence-electron chi connectivity index (χ2n) is 15.3. The van der Waals surface area contributed by atoms with Gasteiger partial charge in [0, 0.05) is 34.3 Å². The number of nitro groups is 1. The van der Waals surface area contributed by atoms with Crippen molar-refractivity contribution >= 4 is 17.3 Å². The first-order valence-electron chi connectivity index (χ1n) is 15.7. The largest absolute Gasteiger partial charge is 0.393 e. The Balaban J connectivity index is 1.05. The van der Waals surface area contributed by atoms with Crippen molar-refractivity contribution in [3.05, 3.63) is 63.7 Å². The molecule has 1 saturated heterocycles. The number of rotatable bonds is 6. The molecule has 0 spiro atoms. The van der Waals surface area contributed by atoms with Gasteiger partial charge in [-0.1, -0.05) is 37.6 Å². The van der Waals surface area contributed by atoms with E-state index in [0.29, 0.717) is 12.8 Å². The summed E-state index contributed by atoms with van der Waals surface area (Å²) in [5.74, 6) is -0.241. The molecule has 9 atom stereocenters. The molecule has 1 unspecified atom stereocenters. The minimum atomic E-state index is -1.32. The number of ketones is 2. The van der Waals surface area contributed by atoms with Crippen LogP contribution >= 0.6 is 0 Å². The van der Waals surface area contributed by atoms with E-state index in [1.54, 1.807) is 24.3 Å². The highest BCUT2D eigenvalue weighted by Crippen LogP contribution is 2.79. The Hall–Kier alpha value is -2.72. The van der Waals surface area contributed by atoms with E-state index in [2.05, 4.69) is 13.8 Å². The first-order valence-corrected chi connectivity index (χ1v) is 15.7. The third-order valence-electron chi connectivity index (χ3n) is 13.2. The van der Waals surface area contributed by atoms with E-state index in [9.17, 15) is 29.9 Å². The number of fused-ring (bicyclic) bond motifs is 7. The van der Waals surface area contributed by atoms with Crippen LogP contribution in [0.3, 0.4) is 0 Å². The highest BCUT2D eigenvalue weighted by molar-refractivity contribution is 6.01. The zero-order valence-electron chi connectivity index (χ0n) is 24.7. The van der Waals surface area contributed by atoms with E-state index in [4.69, 9.17) is 9.47 Å². The van der Waals surface area contributed by atoms with E-state index in [0.717, 1.165) is 49.7 Å². The van der Waals surface area contributed by atoms with Crippen molar-refractivity contribution in [2.24, 2.45) is 39.4 Å². The summed E-state index contributed by atoms with van der Waals surface area (Å²) in [6, 6.07) is 6.84. The summed E-state index contributed by atoms with van der Waals surface area (Å²) in [7, 11) is 0. The second kappa shape index (κ2) is 8.71. The molecule has 2 bridgehead atoms. The lowest BCUT2D eigenvalue weighted by Crippen LogP contribution is -2.69. The van der Waals surface area contributed by atoms with Crippen LogP contribution in [0, 0.1) is 49.5 Å². The molecule has 6 saturated carbocycles. The lowest BCUT2D eigenvalue weighted by Gasteiger charge is -2.72. The molecule has 7 aliphatic carbocycles. The normalized spacial score (nSPS) is 48.7. The summed E-state index contributed by atoms with van der Waals surface area (Å²) in [6.07, 6.45) is 9.58. The Labute approximate surface area is 250 Å². The molecule has 0 aromatic heterocycles. The lowest BCUT2D eigenvalue weighted by atomic mass is 9.33. The Morgan fingerprint density at radius 3 is 2.70 bits per heavy atom. The topological polar surface area (TPSA) is 136 Å². The summed E-state index contributed by atoms with van der Waals surface area (Å²) in [5, 5.41) is 33.3. The van der Waals surface area contributed by atoms with Gasteiger partial charge < -0.3 is 19.7 Å². The van der Waals surface area contributed by atoms with Gasteiger partial charge >= 0.3 is 0 Å². The zero-order valence-corrected chi connectivity index (χ0v) is 24.7. The van der Waals surface area contributed by atoms with Gasteiger partial charge in [0.2, 0.25) is 0 Å². The monoisotopic (exact) mass is 589 g/mol. The minimum Gasteiger partial charge on any atom is -0.393 e. The van der Waals surface area contributed by atoms with E-state index in [1.165, 1.54) is 6.07 Å². The number of benzene rings is 1. The van der Waals surface area contributed by atoms with Gasteiger partial charge in [0.05, 0.1) is 17.1 Å². The summed E-state index contributed by atoms with van der Waals surface area (Å²) in [5.41, 5.74) is -0.434. The van der Waals surface area contributed by atoms with E-state index in [1.807, 2.05) is 12.1 Å². The van der Waals surface area contributed by atoms with Crippen LogP contribution in [-0.4, -0.2) is 57.4 Å². The number of hydrogen-bond donors (Lipinski definition) is 2. The predicted octanol–water partition coefficient (Wildman–Crippen LogP) is 4.24. The van der Waals surface area contributed by atoms with Gasteiger partial charge in [0.1, 0.15) is 6.61 Å². The highest BCUT2D eigenvalue weighted by Gasteiger charge is 2.80. The molecule has 9 rings (SSSR count). The van der Waals surface area contributed by atoms with Crippen LogP contribution in [0.1, 0.15) is 64.4 Å². The summed E-state index contributed by atoms with van der Waals surface area (Å²) in [6.45, 7) is 3.55. The van der Waals surface area contributed by atoms with E-state index < -0.39 is 41.5 Å². The average molecular weight is 590 g/mol. The third-order valence-corrected chi connectivity index (χ3v) is 13.2. The molecule has 9 heteroatoms. The number of ether oxygens (including phenoxy) is 2. The van der Waals surface area contributed by atoms with Gasteiger partial charge in [-0.15, -0.1) is 0 Å². The molecule has 1 aromatic rings. The number of nitrogens with zero attached hydrogens (tertiary/aromatic N) is 1. The van der Waals surface area contributed by atoms with Crippen molar-refractivity contribution in [3.63, 3.8) is 0 Å². The van der Waals surface area contributed by atoms with Gasteiger partial charge in [-0.3, -0.25) is 19.7 Å². The fourth-order valence-electron chi connectivity index (χ4n) is 11.7. The number of aliphatic hydroxyl groups excluding tert-OH is 2. The maximum atomic E-state index is 13.8. The average Bonchev–Trinajstić information content (AvgIpc) is 3.42. The number of carbonyl (C=O) groups is 2. The molecular weight excluding hydrogens is 550 g/mol. The number of aliphatic hydroxyl groups is 2. The number of nitro benzene ring substituents is 1. The van der Waals surface area contributed by atoms with Crippen LogP contribution in [0.5, 0.6) is 0 Å². The maximum absolute atomic E-state index is 13.8. The molecule has 2 N–H and O–H groups in total. The van der Waals surface area contributed by atoms with Crippen LogP contribution in [0.15, 0.2) is 48.1 Å². The fourth-order valence-corrected chi connectivity index (χ4v) is 11.7. The SMILES string of the molecule is C[C@]12C=CC(=O)C=C1CC[C@@H]1[C@@H]2[C@@H](O)C[C@@]2(C)[C@H]1C[C@H]1OC(C34CC(Cc5cccc([N+](=O)[O-])c5)(C3)C4)O[C@]12C(=O)CO. The Kier molecular flexibility index (Phi) is 5.63. The molecule has 1 heterocycles. The van der Waals surface area contributed by atoms with E-state index >= 15 is 0 Å². The molecule has 1 aliphatic heterocycles. The molecular formula is C34H39NO8. The first kappa shape index (κ1) is 27.8. The zero-order chi connectivity index (χ0) is 30.2. The van der Waals surface area contributed by atoms with Crippen LogP contribution < -0.4 is 0 Å². The number of non-ortho nitro benzene ring substituents is 1. The predicted molar refractivity (Wildman–Crippen MR) is 153 cm³/mol. The van der Waals surface area contributed by atoms with Gasteiger partial charge in [0.25, 0.3) is 5.69 Å². The van der Waals surface area contributed by atoms with Crippen molar-refractivity contribution in [1.29, 1.82) is 0 Å². The highest BCUT2D eigenvalue weighted by atomic mass is 16.7. The Bertz CT molecular complexity index is 1500. The van der Waals surface area contributed by atoms with Crippen LogP contribution in [0.25, 0.3) is 0 Å². The van der Waals surface area contributed by atoms with Crippen molar-refractivity contribution in [1.82, 2.24) is 0 Å². The summed E-state index contributed by atoms with van der Waals surface area (Å²) in [4.78, 5) is 36.9.